The summed E-state index contributed by atoms with van der Waals surface area (Å²) in [6.45, 7) is 1.02. The van der Waals surface area contributed by atoms with Crippen LogP contribution in [0.4, 0.5) is 0 Å². The molecule has 0 aliphatic carbocycles. The van der Waals surface area contributed by atoms with Crippen LogP contribution in [-0.4, -0.2) is 24.0 Å². The molecule has 1 aliphatic rings. The largest absolute Gasteiger partial charge is 0.486 e. The van der Waals surface area contributed by atoms with Crippen molar-refractivity contribution in [1.82, 2.24) is 4.98 Å². The topological polar surface area (TPSA) is 48.4 Å². The zero-order valence-corrected chi connectivity index (χ0v) is 10.7. The monoisotopic (exact) mass is 275 g/mol. The lowest BCUT2D eigenvalue weighted by Gasteiger charge is -2.18. The maximum atomic E-state index is 12.2. The summed E-state index contributed by atoms with van der Waals surface area (Å²) in [5.41, 5.74) is 0.861. The molecule has 0 N–H and O–H groups in total. The Balaban J connectivity index is 1.93. The van der Waals surface area contributed by atoms with Gasteiger partial charge in [0.1, 0.15) is 18.9 Å². The summed E-state index contributed by atoms with van der Waals surface area (Å²) in [6, 6.07) is 8.35. The van der Waals surface area contributed by atoms with Crippen LogP contribution in [0.25, 0.3) is 0 Å². The highest BCUT2D eigenvalue weighted by Gasteiger charge is 2.16. The number of carbonyl (C=O) groups excluding carboxylic acids is 1. The molecule has 0 radical (unpaired) electrons. The zero-order chi connectivity index (χ0) is 13.2. The summed E-state index contributed by atoms with van der Waals surface area (Å²) in [5, 5.41) is 0.499. The van der Waals surface area contributed by atoms with E-state index in [-0.39, 0.29) is 5.78 Å². The second-order valence-corrected chi connectivity index (χ2v) is 4.49. The Kier molecular flexibility index (Phi) is 3.09. The van der Waals surface area contributed by atoms with Gasteiger partial charge in [-0.15, -0.1) is 0 Å². The summed E-state index contributed by atoms with van der Waals surface area (Å²) >= 11 is 5.75. The summed E-state index contributed by atoms with van der Waals surface area (Å²) in [6.07, 6.45) is 1.45. The summed E-state index contributed by atoms with van der Waals surface area (Å²) < 4.78 is 10.9. The van der Waals surface area contributed by atoms with Crippen LogP contribution >= 0.6 is 11.6 Å². The highest BCUT2D eigenvalue weighted by molar-refractivity contribution is 6.30. The number of aromatic nitrogens is 1. The third kappa shape index (κ3) is 2.39. The van der Waals surface area contributed by atoms with Gasteiger partial charge in [-0.1, -0.05) is 11.6 Å². The molecule has 0 bridgehead atoms. The van der Waals surface area contributed by atoms with Crippen LogP contribution in [0.3, 0.4) is 0 Å². The van der Waals surface area contributed by atoms with Crippen LogP contribution in [0.5, 0.6) is 11.5 Å². The summed E-state index contributed by atoms with van der Waals surface area (Å²) in [4.78, 5) is 16.3. The third-order valence-electron chi connectivity index (χ3n) is 2.76. The second kappa shape index (κ2) is 4.90. The van der Waals surface area contributed by atoms with E-state index in [1.165, 1.54) is 6.20 Å². The van der Waals surface area contributed by atoms with Crippen LogP contribution in [0, 0.1) is 0 Å². The van der Waals surface area contributed by atoms with Gasteiger partial charge in [0.15, 0.2) is 11.5 Å². The molecule has 0 fully saturated rings. The fourth-order valence-electron chi connectivity index (χ4n) is 1.84. The van der Waals surface area contributed by atoms with Gasteiger partial charge in [0.05, 0.1) is 5.02 Å². The normalized spacial score (nSPS) is 13.1. The fraction of sp³-hybridized carbons (Fsp3) is 0.143. The molecule has 1 aliphatic heterocycles. The van der Waals surface area contributed by atoms with Crippen LogP contribution in [0.1, 0.15) is 16.1 Å². The van der Waals surface area contributed by atoms with E-state index < -0.39 is 0 Å². The molecule has 0 atom stereocenters. The standard InChI is InChI=1S/C14H10ClNO3/c15-10-2-3-11(16-8-10)14(17)9-1-4-12-13(7-9)19-6-5-18-12/h1-4,7-8H,5-6H2. The molecule has 2 heterocycles. The van der Waals surface area contributed by atoms with E-state index in [0.29, 0.717) is 41.0 Å². The van der Waals surface area contributed by atoms with Gasteiger partial charge in [0, 0.05) is 11.8 Å². The van der Waals surface area contributed by atoms with Crippen molar-refractivity contribution >= 4 is 17.4 Å². The number of pyridine rings is 1. The van der Waals surface area contributed by atoms with Crippen molar-refractivity contribution in [3.63, 3.8) is 0 Å². The maximum Gasteiger partial charge on any atom is 0.211 e. The molecular formula is C14H10ClNO3. The van der Waals surface area contributed by atoms with E-state index in [0.717, 1.165) is 0 Å². The van der Waals surface area contributed by atoms with Crippen molar-refractivity contribution in [2.75, 3.05) is 13.2 Å². The SMILES string of the molecule is O=C(c1ccc2c(c1)OCCO2)c1ccc(Cl)cn1. The van der Waals surface area contributed by atoms with Crippen molar-refractivity contribution in [3.05, 3.63) is 52.8 Å². The number of halogens is 1. The van der Waals surface area contributed by atoms with Gasteiger partial charge in [-0.3, -0.25) is 9.78 Å². The number of ketones is 1. The number of ether oxygens (including phenoxy) is 2. The smallest absolute Gasteiger partial charge is 0.211 e. The van der Waals surface area contributed by atoms with Crippen molar-refractivity contribution < 1.29 is 14.3 Å². The van der Waals surface area contributed by atoms with Crippen LogP contribution in [0.2, 0.25) is 5.02 Å². The number of rotatable bonds is 2. The van der Waals surface area contributed by atoms with Crippen molar-refractivity contribution in [2.24, 2.45) is 0 Å². The number of benzene rings is 1. The van der Waals surface area contributed by atoms with Crippen LogP contribution in [-0.2, 0) is 0 Å². The Morgan fingerprint density at radius 1 is 1.11 bits per heavy atom. The van der Waals surface area contributed by atoms with E-state index in [4.69, 9.17) is 21.1 Å². The molecule has 0 saturated heterocycles. The predicted octanol–water partition coefficient (Wildman–Crippen LogP) is 2.74. The van der Waals surface area contributed by atoms with Gasteiger partial charge in [-0.25, -0.2) is 0 Å². The maximum absolute atomic E-state index is 12.2. The van der Waals surface area contributed by atoms with Crippen LogP contribution < -0.4 is 9.47 Å². The average molecular weight is 276 g/mol. The molecule has 5 heteroatoms. The van der Waals surface area contributed by atoms with Crippen molar-refractivity contribution in [1.29, 1.82) is 0 Å². The molecule has 1 aromatic carbocycles. The lowest BCUT2D eigenvalue weighted by Crippen LogP contribution is -2.16. The quantitative estimate of drug-likeness (QED) is 0.791. The van der Waals surface area contributed by atoms with Gasteiger partial charge in [0.25, 0.3) is 0 Å². The first-order valence-corrected chi connectivity index (χ1v) is 6.18. The number of fused-ring (bicyclic) bond motifs is 1. The Morgan fingerprint density at radius 3 is 2.63 bits per heavy atom. The minimum absolute atomic E-state index is 0.173. The number of hydrogen-bond acceptors (Lipinski definition) is 4. The molecule has 1 aromatic heterocycles. The predicted molar refractivity (Wildman–Crippen MR) is 70.1 cm³/mol. The summed E-state index contributed by atoms with van der Waals surface area (Å²) in [5.74, 6) is 1.08. The van der Waals surface area contributed by atoms with E-state index in [1.54, 1.807) is 30.3 Å². The van der Waals surface area contributed by atoms with E-state index >= 15 is 0 Å². The molecule has 2 aromatic rings. The number of hydrogen-bond donors (Lipinski definition) is 0. The van der Waals surface area contributed by atoms with Gasteiger partial charge >= 0.3 is 0 Å². The third-order valence-corrected chi connectivity index (χ3v) is 2.99. The number of carbonyl (C=O) groups is 1. The molecule has 19 heavy (non-hydrogen) atoms. The number of nitrogens with zero attached hydrogens (tertiary/aromatic N) is 1. The first-order chi connectivity index (χ1) is 9.24. The van der Waals surface area contributed by atoms with Crippen molar-refractivity contribution in [2.45, 2.75) is 0 Å². The molecular weight excluding hydrogens is 266 g/mol. The molecule has 4 nitrogen and oxygen atoms in total. The molecule has 96 valence electrons. The Bertz CT molecular complexity index is 625. The highest BCUT2D eigenvalue weighted by Crippen LogP contribution is 2.31. The minimum Gasteiger partial charge on any atom is -0.486 e. The van der Waals surface area contributed by atoms with Gasteiger partial charge in [-0.05, 0) is 30.3 Å². The average Bonchev–Trinajstić information content (AvgIpc) is 2.47. The molecule has 0 amide bonds. The Hall–Kier alpha value is -2.07. The lowest BCUT2D eigenvalue weighted by molar-refractivity contribution is 0.103. The van der Waals surface area contributed by atoms with E-state index in [9.17, 15) is 4.79 Å². The minimum atomic E-state index is -0.173. The molecule has 0 unspecified atom stereocenters. The molecule has 0 spiro atoms. The second-order valence-electron chi connectivity index (χ2n) is 4.05. The van der Waals surface area contributed by atoms with Gasteiger partial charge in [-0.2, -0.15) is 0 Å². The first-order valence-electron chi connectivity index (χ1n) is 5.80. The van der Waals surface area contributed by atoms with E-state index in [1.807, 2.05) is 0 Å². The van der Waals surface area contributed by atoms with Gasteiger partial charge < -0.3 is 9.47 Å². The Labute approximate surface area is 114 Å². The highest BCUT2D eigenvalue weighted by atomic mass is 35.5. The lowest BCUT2D eigenvalue weighted by atomic mass is 10.1. The Morgan fingerprint density at radius 2 is 1.89 bits per heavy atom. The molecule has 0 saturated carbocycles. The zero-order valence-electron chi connectivity index (χ0n) is 9.93. The molecule has 3 rings (SSSR count). The first kappa shape index (κ1) is 12.0. The summed E-state index contributed by atoms with van der Waals surface area (Å²) in [7, 11) is 0. The van der Waals surface area contributed by atoms with E-state index in [2.05, 4.69) is 4.98 Å². The van der Waals surface area contributed by atoms with Crippen molar-refractivity contribution in [3.8, 4) is 11.5 Å². The van der Waals surface area contributed by atoms with Crippen LogP contribution in [0.15, 0.2) is 36.5 Å². The van der Waals surface area contributed by atoms with Gasteiger partial charge in [0.2, 0.25) is 5.78 Å². The fourth-order valence-corrected chi connectivity index (χ4v) is 1.95.